The van der Waals surface area contributed by atoms with E-state index in [0.717, 1.165) is 64.2 Å². The summed E-state index contributed by atoms with van der Waals surface area (Å²) in [5.41, 5.74) is 0.901. The maximum atomic E-state index is 12.6. The zero-order valence-electron chi connectivity index (χ0n) is 23.9. The fraction of sp³-hybridized carbons (Fsp3) is 0.455. The average Bonchev–Trinajstić information content (AvgIpc) is 2.97. The van der Waals surface area contributed by atoms with Gasteiger partial charge >= 0.3 is 11.9 Å². The number of aliphatic imine (C=N–C) groups is 1. The first-order chi connectivity index (χ1) is 20.0. The monoisotopic (exact) mass is 560 g/mol. The standard InChI is InChI=1S/C33H40N2O6/c1-2-3-4-11-14-30(41-33(38)27-17-21-29(22-18-27)39-25-34)15-12-9-7-5-6-8-10-13-16-32(37)40-31-23-19-28(20-24-31)35-26-36/h9,12,17-24,30H,2-8,10-11,13-16H2,1H3/b12-9-/t30-/m1/s1. The highest BCUT2D eigenvalue weighted by molar-refractivity contribution is 5.89. The van der Waals surface area contributed by atoms with Crippen molar-refractivity contribution >= 4 is 23.7 Å². The van der Waals surface area contributed by atoms with E-state index in [2.05, 4.69) is 24.1 Å². The Morgan fingerprint density at radius 3 is 2.27 bits per heavy atom. The maximum absolute atomic E-state index is 12.6. The Balaban J connectivity index is 1.63. The first kappa shape index (κ1) is 33.0. The van der Waals surface area contributed by atoms with E-state index < -0.39 is 0 Å². The summed E-state index contributed by atoms with van der Waals surface area (Å²) in [5, 5.41) is 8.60. The van der Waals surface area contributed by atoms with Crippen LogP contribution in [0.4, 0.5) is 5.69 Å². The number of rotatable bonds is 20. The van der Waals surface area contributed by atoms with E-state index in [1.807, 2.05) is 0 Å². The molecular formula is C33H40N2O6. The molecule has 0 N–H and O–H groups in total. The van der Waals surface area contributed by atoms with Gasteiger partial charge in [0, 0.05) is 12.8 Å². The number of carbonyl (C=O) groups is 2. The van der Waals surface area contributed by atoms with Crippen LogP contribution in [-0.4, -0.2) is 24.1 Å². The molecule has 1 atom stereocenters. The number of hydrogen-bond acceptors (Lipinski definition) is 8. The third-order valence-electron chi connectivity index (χ3n) is 6.47. The van der Waals surface area contributed by atoms with E-state index in [9.17, 15) is 14.4 Å². The lowest BCUT2D eigenvalue weighted by Gasteiger charge is -2.16. The molecule has 0 amide bonds. The summed E-state index contributed by atoms with van der Waals surface area (Å²) in [6, 6.07) is 12.8. The summed E-state index contributed by atoms with van der Waals surface area (Å²) in [4.78, 5) is 38.4. The molecule has 0 saturated heterocycles. The third-order valence-corrected chi connectivity index (χ3v) is 6.47. The number of ether oxygens (including phenoxy) is 3. The van der Waals surface area contributed by atoms with Crippen molar-refractivity contribution < 1.29 is 28.6 Å². The number of allylic oxidation sites excluding steroid dienone is 1. The lowest BCUT2D eigenvalue weighted by molar-refractivity contribution is -0.134. The Kier molecular flexibility index (Phi) is 16.6. The minimum absolute atomic E-state index is 0.173. The van der Waals surface area contributed by atoms with Gasteiger partial charge in [0.25, 0.3) is 6.26 Å². The van der Waals surface area contributed by atoms with E-state index in [1.54, 1.807) is 54.8 Å². The second-order valence-electron chi connectivity index (χ2n) is 9.78. The molecule has 0 aromatic heterocycles. The molecule has 8 nitrogen and oxygen atoms in total. The van der Waals surface area contributed by atoms with Gasteiger partial charge in [-0.25, -0.2) is 9.59 Å². The molecule has 8 heteroatoms. The summed E-state index contributed by atoms with van der Waals surface area (Å²) >= 11 is 0. The van der Waals surface area contributed by atoms with Crippen LogP contribution in [0.15, 0.2) is 65.7 Å². The molecule has 0 saturated carbocycles. The fourth-order valence-corrected chi connectivity index (χ4v) is 4.21. The lowest BCUT2D eigenvalue weighted by Crippen LogP contribution is -2.18. The van der Waals surface area contributed by atoms with Gasteiger partial charge in [-0.1, -0.05) is 57.6 Å². The molecule has 0 aliphatic rings. The topological polar surface area (TPSA) is 115 Å². The van der Waals surface area contributed by atoms with E-state index in [-0.39, 0.29) is 18.0 Å². The molecule has 0 aliphatic carbocycles. The highest BCUT2D eigenvalue weighted by Gasteiger charge is 2.15. The number of carbonyl (C=O) groups excluding carboxylic acids is 3. The first-order valence-corrected chi connectivity index (χ1v) is 14.5. The van der Waals surface area contributed by atoms with Gasteiger partial charge < -0.3 is 14.2 Å². The Hall–Kier alpha value is -4.21. The van der Waals surface area contributed by atoms with Crippen LogP contribution >= 0.6 is 0 Å². The smallest absolute Gasteiger partial charge is 0.338 e. The Labute approximate surface area is 243 Å². The largest absolute Gasteiger partial charge is 0.458 e. The molecule has 0 radical (unpaired) electrons. The normalized spacial score (nSPS) is 11.3. The van der Waals surface area contributed by atoms with E-state index in [0.29, 0.717) is 35.6 Å². The van der Waals surface area contributed by atoms with E-state index in [4.69, 9.17) is 19.5 Å². The van der Waals surface area contributed by atoms with Crippen molar-refractivity contribution in [2.75, 3.05) is 0 Å². The highest BCUT2D eigenvalue weighted by Crippen LogP contribution is 2.19. The minimum atomic E-state index is -0.367. The van der Waals surface area contributed by atoms with Crippen LogP contribution in [0.5, 0.6) is 11.5 Å². The van der Waals surface area contributed by atoms with Crippen molar-refractivity contribution in [3.63, 3.8) is 0 Å². The zero-order valence-corrected chi connectivity index (χ0v) is 23.9. The molecule has 0 spiro atoms. The first-order valence-electron chi connectivity index (χ1n) is 14.5. The van der Waals surface area contributed by atoms with Crippen molar-refractivity contribution in [2.24, 2.45) is 4.99 Å². The summed E-state index contributed by atoms with van der Waals surface area (Å²) in [6.07, 6.45) is 19.4. The van der Waals surface area contributed by atoms with Crippen molar-refractivity contribution in [3.8, 4) is 17.8 Å². The van der Waals surface area contributed by atoms with Crippen LogP contribution in [0.2, 0.25) is 0 Å². The molecule has 0 aliphatic heterocycles. The molecule has 0 fully saturated rings. The zero-order chi connectivity index (χ0) is 29.5. The lowest BCUT2D eigenvalue weighted by atomic mass is 10.1. The Morgan fingerprint density at radius 1 is 0.878 bits per heavy atom. The molecule has 2 rings (SSSR count). The Morgan fingerprint density at radius 2 is 1.56 bits per heavy atom. The van der Waals surface area contributed by atoms with Gasteiger partial charge in [0.05, 0.1) is 11.3 Å². The summed E-state index contributed by atoms with van der Waals surface area (Å²) in [5.74, 6) is 0.185. The van der Waals surface area contributed by atoms with Crippen molar-refractivity contribution in [2.45, 2.75) is 96.5 Å². The van der Waals surface area contributed by atoms with Crippen LogP contribution in [0.1, 0.15) is 101 Å². The molecule has 0 unspecified atom stereocenters. The molecular weight excluding hydrogens is 520 g/mol. The molecule has 0 bridgehead atoms. The number of isocyanates is 1. The molecule has 2 aromatic rings. The maximum Gasteiger partial charge on any atom is 0.338 e. The third kappa shape index (κ3) is 14.7. The number of benzene rings is 2. The van der Waals surface area contributed by atoms with Crippen LogP contribution in [-0.2, 0) is 14.3 Å². The summed E-state index contributed by atoms with van der Waals surface area (Å²) in [6.45, 7) is 2.17. The summed E-state index contributed by atoms with van der Waals surface area (Å²) in [7, 11) is 0. The summed E-state index contributed by atoms with van der Waals surface area (Å²) < 4.78 is 15.9. The van der Waals surface area contributed by atoms with Gasteiger partial charge in [0.1, 0.15) is 17.6 Å². The fourth-order valence-electron chi connectivity index (χ4n) is 4.21. The molecule has 218 valence electrons. The molecule has 2 aromatic carbocycles. The van der Waals surface area contributed by atoms with Gasteiger partial charge in [-0.05, 0) is 80.6 Å². The molecule has 41 heavy (non-hydrogen) atoms. The second kappa shape index (κ2) is 20.7. The minimum Gasteiger partial charge on any atom is -0.458 e. The number of unbranched alkanes of at least 4 members (excludes halogenated alkanes) is 8. The number of esters is 2. The van der Waals surface area contributed by atoms with Crippen LogP contribution in [0, 0.1) is 11.5 Å². The number of nitrogens with zero attached hydrogens (tertiary/aromatic N) is 2. The molecule has 0 heterocycles. The van der Waals surface area contributed by atoms with Gasteiger partial charge in [-0.3, -0.25) is 4.79 Å². The van der Waals surface area contributed by atoms with Crippen molar-refractivity contribution in [1.29, 1.82) is 5.26 Å². The van der Waals surface area contributed by atoms with Crippen LogP contribution < -0.4 is 9.47 Å². The van der Waals surface area contributed by atoms with Gasteiger partial charge in [-0.2, -0.15) is 4.99 Å². The average molecular weight is 561 g/mol. The van der Waals surface area contributed by atoms with Gasteiger partial charge in [0.15, 0.2) is 0 Å². The van der Waals surface area contributed by atoms with Gasteiger partial charge in [-0.15, -0.1) is 5.26 Å². The second-order valence-corrected chi connectivity index (χ2v) is 9.78. The van der Waals surface area contributed by atoms with Crippen LogP contribution in [0.3, 0.4) is 0 Å². The highest BCUT2D eigenvalue weighted by atomic mass is 16.5. The number of hydrogen-bond donors (Lipinski definition) is 0. The Bertz CT molecular complexity index is 1160. The predicted octanol–water partition coefficient (Wildman–Crippen LogP) is 8.29. The van der Waals surface area contributed by atoms with Crippen molar-refractivity contribution in [1.82, 2.24) is 0 Å². The van der Waals surface area contributed by atoms with E-state index in [1.165, 1.54) is 12.5 Å². The quantitative estimate of drug-likeness (QED) is 0.0304. The van der Waals surface area contributed by atoms with E-state index >= 15 is 0 Å². The van der Waals surface area contributed by atoms with Crippen molar-refractivity contribution in [3.05, 3.63) is 66.2 Å². The van der Waals surface area contributed by atoms with Gasteiger partial charge in [0.2, 0.25) is 6.08 Å². The predicted molar refractivity (Wildman–Crippen MR) is 157 cm³/mol. The number of nitriles is 1. The SMILES string of the molecule is CCCCCC[C@H](C/C=C\CCCCCCCC(=O)Oc1ccc(N=C=O)cc1)OC(=O)c1ccc(OC#N)cc1. The van der Waals surface area contributed by atoms with Crippen LogP contribution in [0.25, 0.3) is 0 Å².